The number of benzene rings is 1. The standard InChI is InChI=1S/C16H24N2O3/c1-5-10-16(4,14(19)20)18-15(21)17-12(3)13-8-6-11(2)7-9-13/h6-9,12H,5,10H2,1-4H3,(H,19,20)(H2,17,18,21). The van der Waals surface area contributed by atoms with Gasteiger partial charge in [-0.3, -0.25) is 0 Å². The van der Waals surface area contributed by atoms with E-state index < -0.39 is 17.5 Å². The van der Waals surface area contributed by atoms with Crippen LogP contribution in [0, 0.1) is 6.92 Å². The maximum atomic E-state index is 12.0. The molecule has 5 heteroatoms. The van der Waals surface area contributed by atoms with Crippen molar-refractivity contribution in [1.82, 2.24) is 10.6 Å². The molecule has 2 amide bonds. The van der Waals surface area contributed by atoms with Crippen molar-refractivity contribution in [3.05, 3.63) is 35.4 Å². The highest BCUT2D eigenvalue weighted by molar-refractivity contribution is 5.86. The smallest absolute Gasteiger partial charge is 0.329 e. The monoisotopic (exact) mass is 292 g/mol. The predicted octanol–water partition coefficient (Wildman–Crippen LogP) is 3.00. The minimum absolute atomic E-state index is 0.190. The van der Waals surface area contributed by atoms with Gasteiger partial charge in [0.15, 0.2) is 0 Å². The molecular formula is C16H24N2O3. The van der Waals surface area contributed by atoms with Crippen LogP contribution < -0.4 is 10.6 Å². The molecule has 2 atom stereocenters. The Bertz CT molecular complexity index is 499. The van der Waals surface area contributed by atoms with E-state index in [4.69, 9.17) is 0 Å². The van der Waals surface area contributed by atoms with E-state index >= 15 is 0 Å². The van der Waals surface area contributed by atoms with E-state index in [0.717, 1.165) is 11.1 Å². The summed E-state index contributed by atoms with van der Waals surface area (Å²) in [5, 5.41) is 14.6. The van der Waals surface area contributed by atoms with Crippen LogP contribution in [0.25, 0.3) is 0 Å². The Morgan fingerprint density at radius 2 is 1.86 bits per heavy atom. The van der Waals surface area contributed by atoms with Crippen molar-refractivity contribution in [2.45, 2.75) is 52.1 Å². The molecule has 5 nitrogen and oxygen atoms in total. The van der Waals surface area contributed by atoms with Crippen LogP contribution in [0.3, 0.4) is 0 Å². The van der Waals surface area contributed by atoms with Crippen molar-refractivity contribution in [2.75, 3.05) is 0 Å². The Morgan fingerprint density at radius 3 is 2.33 bits per heavy atom. The lowest BCUT2D eigenvalue weighted by molar-refractivity contribution is -0.144. The second-order valence-corrected chi connectivity index (χ2v) is 5.62. The summed E-state index contributed by atoms with van der Waals surface area (Å²) in [6.07, 6.45) is 1.06. The largest absolute Gasteiger partial charge is 0.480 e. The lowest BCUT2D eigenvalue weighted by Gasteiger charge is -2.27. The molecule has 0 aliphatic rings. The third-order valence-corrected chi connectivity index (χ3v) is 3.54. The molecule has 0 heterocycles. The van der Waals surface area contributed by atoms with Gasteiger partial charge in [-0.25, -0.2) is 9.59 Å². The highest BCUT2D eigenvalue weighted by Gasteiger charge is 2.34. The molecule has 0 saturated carbocycles. The quantitative estimate of drug-likeness (QED) is 0.754. The lowest BCUT2D eigenvalue weighted by Crippen LogP contribution is -2.55. The lowest BCUT2D eigenvalue weighted by atomic mass is 9.96. The number of urea groups is 1. The third kappa shape index (κ3) is 4.77. The molecule has 1 aromatic rings. The van der Waals surface area contributed by atoms with Gasteiger partial charge in [-0.05, 0) is 32.8 Å². The van der Waals surface area contributed by atoms with Crippen LogP contribution in [0.2, 0.25) is 0 Å². The van der Waals surface area contributed by atoms with Gasteiger partial charge in [0.25, 0.3) is 0 Å². The second kappa shape index (κ2) is 7.11. The topological polar surface area (TPSA) is 78.4 Å². The summed E-state index contributed by atoms with van der Waals surface area (Å²) in [6, 6.07) is 7.19. The van der Waals surface area contributed by atoms with E-state index in [0.29, 0.717) is 12.8 Å². The SMILES string of the molecule is CCCC(C)(NC(=O)NC(C)c1ccc(C)cc1)C(=O)O. The third-order valence-electron chi connectivity index (χ3n) is 3.54. The van der Waals surface area contributed by atoms with Crippen molar-refractivity contribution in [3.63, 3.8) is 0 Å². The van der Waals surface area contributed by atoms with Crippen LogP contribution in [-0.4, -0.2) is 22.6 Å². The minimum atomic E-state index is -1.24. The number of nitrogens with one attached hydrogen (secondary N) is 2. The highest BCUT2D eigenvalue weighted by atomic mass is 16.4. The van der Waals surface area contributed by atoms with E-state index in [1.807, 2.05) is 45.0 Å². The van der Waals surface area contributed by atoms with E-state index in [1.54, 1.807) is 0 Å². The summed E-state index contributed by atoms with van der Waals surface area (Å²) >= 11 is 0. The van der Waals surface area contributed by atoms with E-state index in [2.05, 4.69) is 10.6 Å². The van der Waals surface area contributed by atoms with Gasteiger partial charge in [0.2, 0.25) is 0 Å². The Hall–Kier alpha value is -2.04. The average molecular weight is 292 g/mol. The number of carbonyl (C=O) groups is 2. The van der Waals surface area contributed by atoms with Gasteiger partial charge in [-0.1, -0.05) is 43.2 Å². The Labute approximate surface area is 125 Å². The number of amides is 2. The van der Waals surface area contributed by atoms with Gasteiger partial charge in [0, 0.05) is 0 Å². The molecule has 3 N–H and O–H groups in total. The van der Waals surface area contributed by atoms with Gasteiger partial charge < -0.3 is 15.7 Å². The highest BCUT2D eigenvalue weighted by Crippen LogP contribution is 2.15. The first-order valence-electron chi connectivity index (χ1n) is 7.17. The number of hydrogen-bond acceptors (Lipinski definition) is 2. The molecule has 0 aromatic heterocycles. The maximum absolute atomic E-state index is 12.0. The number of carbonyl (C=O) groups excluding carboxylic acids is 1. The summed E-state index contributed by atoms with van der Waals surface area (Å²) in [5.74, 6) is -1.03. The van der Waals surface area contributed by atoms with Crippen LogP contribution in [-0.2, 0) is 4.79 Å². The zero-order valence-electron chi connectivity index (χ0n) is 13.1. The summed E-state index contributed by atoms with van der Waals surface area (Å²) < 4.78 is 0. The first-order chi connectivity index (χ1) is 9.78. The van der Waals surface area contributed by atoms with E-state index in [9.17, 15) is 14.7 Å². The number of aliphatic carboxylic acids is 1. The minimum Gasteiger partial charge on any atom is -0.480 e. The molecule has 0 aliphatic heterocycles. The number of rotatable bonds is 6. The first kappa shape index (κ1) is 17.0. The normalized spacial score (nSPS) is 14.9. The van der Waals surface area contributed by atoms with Gasteiger partial charge in [-0.15, -0.1) is 0 Å². The molecule has 21 heavy (non-hydrogen) atoms. The summed E-state index contributed by atoms with van der Waals surface area (Å²) in [4.78, 5) is 23.3. The van der Waals surface area contributed by atoms with Crippen LogP contribution >= 0.6 is 0 Å². The summed E-state index contributed by atoms with van der Waals surface area (Å²) in [6.45, 7) is 7.27. The molecule has 0 spiro atoms. The molecule has 116 valence electrons. The molecular weight excluding hydrogens is 268 g/mol. The number of carboxylic acid groups (broad SMARTS) is 1. The Balaban J connectivity index is 2.67. The van der Waals surface area contributed by atoms with Gasteiger partial charge in [0.1, 0.15) is 5.54 Å². The van der Waals surface area contributed by atoms with E-state index in [-0.39, 0.29) is 6.04 Å². The van der Waals surface area contributed by atoms with Crippen LogP contribution in [0.5, 0.6) is 0 Å². The fourth-order valence-electron chi connectivity index (χ4n) is 2.14. The number of carboxylic acids is 1. The predicted molar refractivity (Wildman–Crippen MR) is 82.2 cm³/mol. The summed E-state index contributed by atoms with van der Waals surface area (Å²) in [7, 11) is 0. The fraction of sp³-hybridized carbons (Fsp3) is 0.500. The van der Waals surface area contributed by atoms with Gasteiger partial charge in [0.05, 0.1) is 6.04 Å². The van der Waals surface area contributed by atoms with Crippen LogP contribution in [0.1, 0.15) is 50.8 Å². The molecule has 1 aromatic carbocycles. The fourth-order valence-corrected chi connectivity index (χ4v) is 2.14. The van der Waals surface area contributed by atoms with Crippen molar-refractivity contribution >= 4 is 12.0 Å². The molecule has 1 rings (SSSR count). The van der Waals surface area contributed by atoms with E-state index in [1.165, 1.54) is 6.92 Å². The number of aryl methyl sites for hydroxylation is 1. The van der Waals surface area contributed by atoms with Crippen LogP contribution in [0.4, 0.5) is 4.79 Å². The average Bonchev–Trinajstić information content (AvgIpc) is 2.39. The zero-order chi connectivity index (χ0) is 16.0. The molecule has 0 fully saturated rings. The zero-order valence-corrected chi connectivity index (χ0v) is 13.1. The molecule has 0 aliphatic carbocycles. The van der Waals surface area contributed by atoms with Crippen LogP contribution in [0.15, 0.2) is 24.3 Å². The van der Waals surface area contributed by atoms with Crippen molar-refractivity contribution in [1.29, 1.82) is 0 Å². The Kier molecular flexibility index (Phi) is 5.76. The van der Waals surface area contributed by atoms with Crippen molar-refractivity contribution in [3.8, 4) is 0 Å². The molecule has 0 bridgehead atoms. The second-order valence-electron chi connectivity index (χ2n) is 5.62. The first-order valence-corrected chi connectivity index (χ1v) is 7.17. The molecule has 0 radical (unpaired) electrons. The summed E-state index contributed by atoms with van der Waals surface area (Å²) in [5.41, 5.74) is 0.881. The maximum Gasteiger partial charge on any atom is 0.329 e. The molecule has 2 unspecified atom stereocenters. The van der Waals surface area contributed by atoms with Crippen molar-refractivity contribution in [2.24, 2.45) is 0 Å². The molecule has 0 saturated heterocycles. The van der Waals surface area contributed by atoms with Gasteiger partial charge >= 0.3 is 12.0 Å². The van der Waals surface area contributed by atoms with Gasteiger partial charge in [-0.2, -0.15) is 0 Å². The Morgan fingerprint density at radius 1 is 1.29 bits per heavy atom. The van der Waals surface area contributed by atoms with Crippen molar-refractivity contribution < 1.29 is 14.7 Å². The number of hydrogen-bond donors (Lipinski definition) is 3.